The van der Waals surface area contributed by atoms with E-state index in [4.69, 9.17) is 19.2 Å². The van der Waals surface area contributed by atoms with E-state index >= 15 is 0 Å². The number of aromatic nitrogens is 2. The maximum absolute atomic E-state index is 12.1. The van der Waals surface area contributed by atoms with Gasteiger partial charge in [-0.05, 0) is 74.8 Å². The van der Waals surface area contributed by atoms with Crippen LogP contribution in [0.2, 0.25) is 0 Å². The zero-order valence-electron chi connectivity index (χ0n) is 22.6. The van der Waals surface area contributed by atoms with Crippen LogP contribution in [0.15, 0.2) is 55.1 Å². The summed E-state index contributed by atoms with van der Waals surface area (Å²) < 4.78 is 19.4. The van der Waals surface area contributed by atoms with Gasteiger partial charge >= 0.3 is 0 Å². The van der Waals surface area contributed by atoms with Crippen LogP contribution in [0, 0.1) is 0 Å². The molecule has 7 heteroatoms. The lowest BCUT2D eigenvalue weighted by atomic mass is 10.1. The van der Waals surface area contributed by atoms with Crippen molar-refractivity contribution in [2.75, 3.05) is 26.9 Å². The lowest BCUT2D eigenvalue weighted by molar-refractivity contribution is -0.130. The molecule has 1 fully saturated rings. The Balaban J connectivity index is 1.22. The van der Waals surface area contributed by atoms with Crippen LogP contribution in [0.25, 0.3) is 11.0 Å². The highest BCUT2D eigenvalue weighted by Gasteiger charge is 2.22. The number of carbonyl (C=O) groups excluding carboxylic acids is 1. The number of unbranched alkanes of at least 4 members (excludes halogenated alkanes) is 3. The van der Waals surface area contributed by atoms with Gasteiger partial charge in [-0.3, -0.25) is 4.79 Å². The average Bonchev–Trinajstić information content (AvgIpc) is 3.60. The van der Waals surface area contributed by atoms with Crippen molar-refractivity contribution < 1.29 is 19.0 Å². The largest absolute Gasteiger partial charge is 0.493 e. The molecule has 1 aliphatic heterocycles. The van der Waals surface area contributed by atoms with E-state index in [9.17, 15) is 4.79 Å². The third-order valence-corrected chi connectivity index (χ3v) is 6.97. The third-order valence-electron chi connectivity index (χ3n) is 6.97. The summed E-state index contributed by atoms with van der Waals surface area (Å²) in [4.78, 5) is 17.0. The number of ether oxygens (including phenoxy) is 3. The first kappa shape index (κ1) is 27.7. The second kappa shape index (κ2) is 14.6. The Kier molecular flexibility index (Phi) is 10.6. The normalized spacial score (nSPS) is 15.0. The molecule has 0 bridgehead atoms. The molecule has 1 saturated heterocycles. The Labute approximate surface area is 226 Å². The summed E-state index contributed by atoms with van der Waals surface area (Å²) >= 11 is 0. The Hall–Kier alpha value is -3.32. The molecule has 0 radical (unpaired) electrons. The summed E-state index contributed by atoms with van der Waals surface area (Å²) in [6.07, 6.45) is 10.2. The third kappa shape index (κ3) is 7.60. The second-order valence-corrected chi connectivity index (χ2v) is 9.81. The fourth-order valence-electron chi connectivity index (χ4n) is 4.94. The Morgan fingerprint density at radius 2 is 2.05 bits per heavy atom. The van der Waals surface area contributed by atoms with Crippen LogP contribution in [-0.4, -0.2) is 48.4 Å². The number of nitrogens with zero attached hydrogens (tertiary/aromatic N) is 2. The van der Waals surface area contributed by atoms with Gasteiger partial charge in [-0.25, -0.2) is 4.98 Å². The van der Waals surface area contributed by atoms with Crippen molar-refractivity contribution in [3.8, 4) is 11.5 Å². The van der Waals surface area contributed by atoms with Crippen LogP contribution < -0.4 is 14.8 Å². The number of carbonyl (C=O) groups is 1. The number of rotatable bonds is 16. The quantitative estimate of drug-likeness (QED) is 0.196. The first-order valence-electron chi connectivity index (χ1n) is 13.9. The standard InChI is InChI=1S/C31H41N3O4/c1-3-12-24-17-18-27(29(23-24)36-2)37-21-10-9-20-34-26-14-7-6-13-25(26)33-30(34)16-5-4-8-19-32-31(35)28-15-11-22-38-28/h3,6-7,13-14,17-18,23,28H,1,4-5,8-12,15-16,19-22H2,2H3,(H,32,35). The van der Waals surface area contributed by atoms with Crippen LogP contribution in [0.5, 0.6) is 11.5 Å². The van der Waals surface area contributed by atoms with E-state index in [1.165, 1.54) is 5.52 Å². The minimum absolute atomic E-state index is 0.0384. The zero-order valence-corrected chi connectivity index (χ0v) is 22.6. The molecule has 2 aromatic carbocycles. The lowest BCUT2D eigenvalue weighted by Gasteiger charge is -2.13. The highest BCUT2D eigenvalue weighted by atomic mass is 16.5. The summed E-state index contributed by atoms with van der Waals surface area (Å²) in [7, 11) is 1.67. The smallest absolute Gasteiger partial charge is 0.249 e. The fraction of sp³-hybridized carbons (Fsp3) is 0.484. The monoisotopic (exact) mass is 519 g/mol. The molecule has 7 nitrogen and oxygen atoms in total. The van der Waals surface area contributed by atoms with E-state index in [1.807, 2.05) is 24.3 Å². The van der Waals surface area contributed by atoms with Crippen molar-refractivity contribution in [3.63, 3.8) is 0 Å². The number of aryl methyl sites for hydroxylation is 2. The number of hydrogen-bond acceptors (Lipinski definition) is 5. The highest BCUT2D eigenvalue weighted by molar-refractivity contribution is 5.80. The average molecular weight is 520 g/mol. The second-order valence-electron chi connectivity index (χ2n) is 9.81. The van der Waals surface area contributed by atoms with Gasteiger partial charge in [-0.15, -0.1) is 6.58 Å². The topological polar surface area (TPSA) is 74.6 Å². The van der Waals surface area contributed by atoms with Crippen LogP contribution in [0.4, 0.5) is 0 Å². The van der Waals surface area contributed by atoms with E-state index in [1.54, 1.807) is 7.11 Å². The molecule has 204 valence electrons. The van der Waals surface area contributed by atoms with Gasteiger partial charge in [-0.1, -0.05) is 30.7 Å². The molecule has 1 N–H and O–H groups in total. The van der Waals surface area contributed by atoms with Gasteiger partial charge < -0.3 is 24.1 Å². The molecule has 4 rings (SSSR count). The molecule has 1 aromatic heterocycles. The molecule has 0 saturated carbocycles. The first-order chi connectivity index (χ1) is 18.7. The van der Waals surface area contributed by atoms with Crippen molar-refractivity contribution in [2.24, 2.45) is 0 Å². The van der Waals surface area contributed by atoms with Crippen molar-refractivity contribution in [1.82, 2.24) is 14.9 Å². The van der Waals surface area contributed by atoms with Crippen LogP contribution in [0.3, 0.4) is 0 Å². The SMILES string of the molecule is C=CCc1ccc(OCCCCn2c(CCCCCNC(=O)C3CCCO3)nc3ccccc32)c(OC)c1. The summed E-state index contributed by atoms with van der Waals surface area (Å²) in [5.74, 6) is 2.71. The van der Waals surface area contributed by atoms with Crippen LogP contribution >= 0.6 is 0 Å². The van der Waals surface area contributed by atoms with Gasteiger partial charge in [0.25, 0.3) is 0 Å². The number of allylic oxidation sites excluding steroid dienone is 1. The molecule has 3 aromatic rings. The summed E-state index contributed by atoms with van der Waals surface area (Å²) in [5, 5.41) is 3.01. The van der Waals surface area contributed by atoms with Crippen molar-refractivity contribution in [2.45, 2.75) is 70.4 Å². The van der Waals surface area contributed by atoms with E-state index in [0.717, 1.165) is 92.7 Å². The van der Waals surface area contributed by atoms with Crippen LogP contribution in [0.1, 0.15) is 56.3 Å². The van der Waals surface area contributed by atoms with E-state index < -0.39 is 0 Å². The molecular weight excluding hydrogens is 478 g/mol. The van der Waals surface area contributed by atoms with Gasteiger partial charge in [0, 0.05) is 26.1 Å². The van der Waals surface area contributed by atoms with E-state index in [0.29, 0.717) is 19.8 Å². The number of nitrogens with one attached hydrogen (secondary N) is 1. The zero-order chi connectivity index (χ0) is 26.6. The minimum Gasteiger partial charge on any atom is -0.493 e. The van der Waals surface area contributed by atoms with Gasteiger partial charge in [-0.2, -0.15) is 0 Å². The van der Waals surface area contributed by atoms with Gasteiger partial charge in [0.05, 0.1) is 24.8 Å². The molecule has 1 amide bonds. The van der Waals surface area contributed by atoms with Gasteiger partial charge in [0.2, 0.25) is 5.91 Å². The highest BCUT2D eigenvalue weighted by Crippen LogP contribution is 2.28. The van der Waals surface area contributed by atoms with Crippen molar-refractivity contribution in [1.29, 1.82) is 0 Å². The Bertz CT molecular complexity index is 1180. The maximum atomic E-state index is 12.1. The molecule has 1 atom stereocenters. The molecule has 2 heterocycles. The fourth-order valence-corrected chi connectivity index (χ4v) is 4.94. The molecule has 1 aliphatic rings. The number of imidazole rings is 1. The molecule has 38 heavy (non-hydrogen) atoms. The molecule has 0 spiro atoms. The predicted octanol–water partition coefficient (Wildman–Crippen LogP) is 5.64. The number of fused-ring (bicyclic) bond motifs is 1. The number of para-hydroxylation sites is 2. The molecule has 0 aliphatic carbocycles. The molecule has 1 unspecified atom stereocenters. The summed E-state index contributed by atoms with van der Waals surface area (Å²) in [5.41, 5.74) is 3.39. The minimum atomic E-state index is -0.245. The van der Waals surface area contributed by atoms with Crippen molar-refractivity contribution >= 4 is 16.9 Å². The van der Waals surface area contributed by atoms with Crippen LogP contribution in [-0.2, 0) is 28.9 Å². The van der Waals surface area contributed by atoms with Gasteiger partial charge in [0.15, 0.2) is 11.5 Å². The number of methoxy groups -OCH3 is 1. The number of hydrogen-bond donors (Lipinski definition) is 1. The predicted molar refractivity (Wildman–Crippen MR) is 151 cm³/mol. The summed E-state index contributed by atoms with van der Waals surface area (Å²) in [6, 6.07) is 14.4. The number of benzene rings is 2. The molecular formula is C31H41N3O4. The number of amides is 1. The maximum Gasteiger partial charge on any atom is 0.249 e. The Morgan fingerprint density at radius 3 is 2.87 bits per heavy atom. The Morgan fingerprint density at radius 1 is 1.16 bits per heavy atom. The lowest BCUT2D eigenvalue weighted by Crippen LogP contribution is -2.34. The van der Waals surface area contributed by atoms with E-state index in [-0.39, 0.29) is 12.0 Å². The van der Waals surface area contributed by atoms with E-state index in [2.05, 4.69) is 40.7 Å². The van der Waals surface area contributed by atoms with Crippen molar-refractivity contribution in [3.05, 3.63) is 66.5 Å². The summed E-state index contributed by atoms with van der Waals surface area (Å²) in [6.45, 7) is 6.75. The van der Waals surface area contributed by atoms with Gasteiger partial charge in [0.1, 0.15) is 11.9 Å². The first-order valence-corrected chi connectivity index (χ1v) is 13.9.